The molecule has 3 aromatic carbocycles. The number of benzene rings is 3. The van der Waals surface area contributed by atoms with Crippen molar-refractivity contribution in [1.29, 1.82) is 0 Å². The highest BCUT2D eigenvalue weighted by atomic mass is 35.5. The summed E-state index contributed by atoms with van der Waals surface area (Å²) in [6, 6.07) is 19.3. The summed E-state index contributed by atoms with van der Waals surface area (Å²) in [7, 11) is 0. The number of rotatable bonds is 5. The van der Waals surface area contributed by atoms with E-state index in [0.717, 1.165) is 38.7 Å². The van der Waals surface area contributed by atoms with Crippen LogP contribution >= 0.6 is 35.0 Å². The fourth-order valence-electron chi connectivity index (χ4n) is 3.93. The summed E-state index contributed by atoms with van der Waals surface area (Å²) in [6.07, 6.45) is 3.65. The minimum Gasteiger partial charge on any atom is -0.342 e. The number of aromatic nitrogens is 1. The van der Waals surface area contributed by atoms with E-state index in [1.54, 1.807) is 36.4 Å². The van der Waals surface area contributed by atoms with Gasteiger partial charge in [0, 0.05) is 44.8 Å². The van der Waals surface area contributed by atoms with Gasteiger partial charge in [0.25, 0.3) is 11.1 Å². The van der Waals surface area contributed by atoms with E-state index in [1.807, 2.05) is 41.1 Å². The Bertz CT molecular complexity index is 1480. The zero-order valence-corrected chi connectivity index (χ0v) is 20.0. The van der Waals surface area contributed by atoms with Crippen LogP contribution in [-0.4, -0.2) is 20.6 Å². The highest BCUT2D eigenvalue weighted by Gasteiger charge is 2.35. The fourth-order valence-corrected chi connectivity index (χ4v) is 5.23. The number of carbonyl (C=O) groups is 2. The van der Waals surface area contributed by atoms with Crippen molar-refractivity contribution in [3.63, 3.8) is 0 Å². The molecule has 0 spiro atoms. The molecule has 0 aliphatic carbocycles. The van der Waals surface area contributed by atoms with Crippen LogP contribution in [-0.2, 0) is 17.9 Å². The van der Waals surface area contributed by atoms with Crippen molar-refractivity contribution in [1.82, 2.24) is 9.47 Å². The second kappa shape index (κ2) is 9.29. The first-order chi connectivity index (χ1) is 16.4. The van der Waals surface area contributed by atoms with E-state index in [0.29, 0.717) is 27.1 Å². The van der Waals surface area contributed by atoms with Crippen molar-refractivity contribution in [2.75, 3.05) is 0 Å². The summed E-state index contributed by atoms with van der Waals surface area (Å²) in [5.74, 6) is -0.884. The zero-order chi connectivity index (χ0) is 23.8. The second-order valence-corrected chi connectivity index (χ2v) is 9.66. The number of hydrogen-bond donors (Lipinski definition) is 0. The molecule has 1 aromatic heterocycles. The zero-order valence-electron chi connectivity index (χ0n) is 17.7. The molecule has 34 heavy (non-hydrogen) atoms. The van der Waals surface area contributed by atoms with Crippen LogP contribution in [0.1, 0.15) is 16.7 Å². The molecular formula is C26H17Cl2FN2O2S. The van der Waals surface area contributed by atoms with Crippen LogP contribution in [0, 0.1) is 5.82 Å². The highest BCUT2D eigenvalue weighted by Crippen LogP contribution is 2.35. The molecule has 1 aliphatic heterocycles. The van der Waals surface area contributed by atoms with E-state index in [4.69, 9.17) is 23.2 Å². The van der Waals surface area contributed by atoms with Crippen LogP contribution in [0.3, 0.4) is 0 Å². The van der Waals surface area contributed by atoms with Gasteiger partial charge < -0.3 is 4.57 Å². The maximum absolute atomic E-state index is 14.1. The van der Waals surface area contributed by atoms with Gasteiger partial charge in [0.15, 0.2) is 0 Å². The quantitative estimate of drug-likeness (QED) is 0.263. The van der Waals surface area contributed by atoms with Crippen molar-refractivity contribution < 1.29 is 14.0 Å². The molecule has 0 radical (unpaired) electrons. The minimum atomic E-state index is -0.450. The first-order valence-electron chi connectivity index (χ1n) is 10.4. The molecule has 2 heterocycles. The summed E-state index contributed by atoms with van der Waals surface area (Å²) < 4.78 is 16.1. The Kier molecular flexibility index (Phi) is 6.21. The van der Waals surface area contributed by atoms with Gasteiger partial charge in [0.05, 0.1) is 11.4 Å². The molecule has 4 nitrogen and oxygen atoms in total. The Morgan fingerprint density at radius 2 is 1.68 bits per heavy atom. The van der Waals surface area contributed by atoms with Crippen molar-refractivity contribution >= 4 is 63.1 Å². The molecule has 2 amide bonds. The molecule has 0 unspecified atom stereocenters. The average molecular weight is 511 g/mol. The molecule has 1 fully saturated rings. The van der Waals surface area contributed by atoms with Crippen LogP contribution in [0.5, 0.6) is 0 Å². The van der Waals surface area contributed by atoms with Crippen LogP contribution in [0.2, 0.25) is 10.0 Å². The Balaban J connectivity index is 1.48. The average Bonchev–Trinajstić information content (AvgIpc) is 3.29. The Morgan fingerprint density at radius 3 is 2.47 bits per heavy atom. The maximum atomic E-state index is 14.1. The summed E-state index contributed by atoms with van der Waals surface area (Å²) in [5, 5.41) is 1.66. The third-order valence-electron chi connectivity index (χ3n) is 5.62. The molecule has 8 heteroatoms. The van der Waals surface area contributed by atoms with Gasteiger partial charge in [-0.2, -0.15) is 0 Å². The Morgan fingerprint density at radius 1 is 0.912 bits per heavy atom. The molecule has 1 saturated heterocycles. The van der Waals surface area contributed by atoms with Crippen molar-refractivity contribution in [3.05, 3.63) is 110 Å². The highest BCUT2D eigenvalue weighted by molar-refractivity contribution is 8.18. The number of amides is 2. The normalized spacial score (nSPS) is 15.1. The third kappa shape index (κ3) is 4.37. The van der Waals surface area contributed by atoms with Gasteiger partial charge in [0.1, 0.15) is 5.82 Å². The number of hydrogen-bond acceptors (Lipinski definition) is 3. The fraction of sp³-hybridized carbons (Fsp3) is 0.0769. The monoisotopic (exact) mass is 510 g/mol. The van der Waals surface area contributed by atoms with Gasteiger partial charge in [0.2, 0.25) is 0 Å². The summed E-state index contributed by atoms with van der Waals surface area (Å²) >= 11 is 13.3. The molecule has 0 bridgehead atoms. The maximum Gasteiger partial charge on any atom is 0.293 e. The predicted octanol–water partition coefficient (Wildman–Crippen LogP) is 7.37. The lowest BCUT2D eigenvalue weighted by Gasteiger charge is -2.12. The number of fused-ring (bicyclic) bond motifs is 1. The molecule has 0 saturated carbocycles. The van der Waals surface area contributed by atoms with Gasteiger partial charge in [-0.25, -0.2) is 4.39 Å². The van der Waals surface area contributed by atoms with Crippen LogP contribution in [0.25, 0.3) is 17.0 Å². The molecule has 0 N–H and O–H groups in total. The topological polar surface area (TPSA) is 42.3 Å². The largest absolute Gasteiger partial charge is 0.342 e. The third-order valence-corrected chi connectivity index (χ3v) is 7.12. The predicted molar refractivity (Wildman–Crippen MR) is 135 cm³/mol. The number of halogens is 3. The van der Waals surface area contributed by atoms with Gasteiger partial charge in [-0.3, -0.25) is 14.5 Å². The van der Waals surface area contributed by atoms with Crippen LogP contribution in [0.4, 0.5) is 9.18 Å². The van der Waals surface area contributed by atoms with E-state index in [-0.39, 0.29) is 6.54 Å². The van der Waals surface area contributed by atoms with E-state index < -0.39 is 17.0 Å². The standard InChI is InChI=1S/C26H17Cl2FN2O2S/c27-19-10-9-16(21(28)12-19)13-30-14-18(20-6-2-4-8-23(20)30)11-24-25(32)31(26(33)34-24)15-17-5-1-3-7-22(17)29/h1-12,14H,13,15H2. The molecule has 170 valence electrons. The van der Waals surface area contributed by atoms with Gasteiger partial charge in [-0.1, -0.05) is 65.7 Å². The molecule has 5 rings (SSSR count). The lowest BCUT2D eigenvalue weighted by Crippen LogP contribution is -2.27. The number of para-hydroxylation sites is 1. The molecule has 1 aliphatic rings. The van der Waals surface area contributed by atoms with Crippen LogP contribution < -0.4 is 0 Å². The number of carbonyl (C=O) groups excluding carboxylic acids is 2. The summed E-state index contributed by atoms with van der Waals surface area (Å²) in [4.78, 5) is 26.9. The first kappa shape index (κ1) is 22.7. The number of nitrogens with zero attached hydrogens (tertiary/aromatic N) is 2. The summed E-state index contributed by atoms with van der Waals surface area (Å²) in [5.41, 5.74) is 2.97. The molecule has 0 atom stereocenters. The van der Waals surface area contributed by atoms with Gasteiger partial charge >= 0.3 is 0 Å². The SMILES string of the molecule is O=C1SC(=Cc2cn(Cc3ccc(Cl)cc3Cl)c3ccccc23)C(=O)N1Cc1ccccc1F. The molecular weight excluding hydrogens is 494 g/mol. The van der Waals surface area contributed by atoms with Crippen molar-refractivity contribution in [2.45, 2.75) is 13.1 Å². The van der Waals surface area contributed by atoms with E-state index in [2.05, 4.69) is 0 Å². The van der Waals surface area contributed by atoms with E-state index in [1.165, 1.54) is 6.07 Å². The lowest BCUT2D eigenvalue weighted by atomic mass is 10.1. The van der Waals surface area contributed by atoms with E-state index in [9.17, 15) is 14.0 Å². The smallest absolute Gasteiger partial charge is 0.293 e. The van der Waals surface area contributed by atoms with Crippen molar-refractivity contribution in [2.24, 2.45) is 0 Å². The second-order valence-electron chi connectivity index (χ2n) is 7.82. The Labute approximate surface area is 209 Å². The van der Waals surface area contributed by atoms with Gasteiger partial charge in [-0.05, 0) is 47.7 Å². The minimum absolute atomic E-state index is 0.106. The van der Waals surface area contributed by atoms with E-state index >= 15 is 0 Å². The summed E-state index contributed by atoms with van der Waals surface area (Å²) in [6.45, 7) is 0.407. The first-order valence-corrected chi connectivity index (χ1v) is 12.0. The van der Waals surface area contributed by atoms with Crippen molar-refractivity contribution in [3.8, 4) is 0 Å². The Hall–Kier alpha value is -3.06. The van der Waals surface area contributed by atoms with Crippen LogP contribution in [0.15, 0.2) is 77.8 Å². The lowest BCUT2D eigenvalue weighted by molar-refractivity contribution is -0.123. The number of imide groups is 1. The number of thioether (sulfide) groups is 1. The van der Waals surface area contributed by atoms with Gasteiger partial charge in [-0.15, -0.1) is 0 Å². The molecule has 4 aromatic rings.